The first-order chi connectivity index (χ1) is 9.60. The number of amides is 2. The second kappa shape index (κ2) is 6.36. The highest BCUT2D eigenvalue weighted by Crippen LogP contribution is 2.19. The molecule has 1 aromatic carbocycles. The van der Waals surface area contributed by atoms with Crippen molar-refractivity contribution < 1.29 is 18.7 Å². The smallest absolute Gasteiger partial charge is 0.321 e. The highest BCUT2D eigenvalue weighted by molar-refractivity contribution is 5.89. The summed E-state index contributed by atoms with van der Waals surface area (Å²) in [5, 5.41) is 2.64. The van der Waals surface area contributed by atoms with E-state index in [1.54, 1.807) is 11.0 Å². The lowest BCUT2D eigenvalue weighted by molar-refractivity contribution is -0.146. The minimum absolute atomic E-state index is 0.141. The summed E-state index contributed by atoms with van der Waals surface area (Å²) < 4.78 is 17.7. The molecule has 20 heavy (non-hydrogen) atoms. The fourth-order valence-electron chi connectivity index (χ4n) is 2.25. The second-order valence-electron chi connectivity index (χ2n) is 4.72. The molecule has 0 radical (unpaired) electrons. The maximum absolute atomic E-state index is 13.0. The molecule has 108 valence electrons. The molecule has 0 saturated carbocycles. The van der Waals surface area contributed by atoms with Crippen LogP contribution in [0.25, 0.3) is 0 Å². The molecule has 0 bridgehead atoms. The van der Waals surface area contributed by atoms with Crippen LogP contribution in [0.4, 0.5) is 14.9 Å². The van der Waals surface area contributed by atoms with Gasteiger partial charge in [-0.1, -0.05) is 6.07 Å². The van der Waals surface area contributed by atoms with E-state index in [9.17, 15) is 14.0 Å². The summed E-state index contributed by atoms with van der Waals surface area (Å²) in [6, 6.07) is 5.46. The van der Waals surface area contributed by atoms with Crippen molar-refractivity contribution in [2.75, 3.05) is 25.5 Å². The van der Waals surface area contributed by atoms with Crippen LogP contribution in [-0.2, 0) is 9.53 Å². The molecule has 6 heteroatoms. The molecular weight excluding hydrogens is 263 g/mol. The third-order valence-electron chi connectivity index (χ3n) is 3.39. The predicted molar refractivity (Wildman–Crippen MR) is 71.7 cm³/mol. The number of nitrogens with one attached hydrogen (secondary N) is 1. The average Bonchev–Trinajstić information content (AvgIpc) is 2.46. The number of anilines is 1. The van der Waals surface area contributed by atoms with Crippen LogP contribution >= 0.6 is 0 Å². The highest BCUT2D eigenvalue weighted by atomic mass is 19.1. The molecule has 1 aliphatic heterocycles. The van der Waals surface area contributed by atoms with Crippen molar-refractivity contribution in [3.63, 3.8) is 0 Å². The Bertz CT molecular complexity index is 499. The number of methoxy groups -OCH3 is 1. The molecule has 0 spiro atoms. The number of piperidine rings is 1. The number of rotatable bonds is 2. The van der Waals surface area contributed by atoms with Crippen molar-refractivity contribution in [3.05, 3.63) is 30.1 Å². The number of likely N-dealkylation sites (tertiary alicyclic amines) is 1. The fourth-order valence-corrected chi connectivity index (χ4v) is 2.25. The van der Waals surface area contributed by atoms with Crippen LogP contribution in [0.2, 0.25) is 0 Å². The molecule has 1 aliphatic rings. The van der Waals surface area contributed by atoms with Gasteiger partial charge in [-0.05, 0) is 31.0 Å². The van der Waals surface area contributed by atoms with Gasteiger partial charge in [-0.25, -0.2) is 9.18 Å². The Morgan fingerprint density at radius 3 is 2.65 bits per heavy atom. The Hall–Kier alpha value is -2.11. The zero-order valence-electron chi connectivity index (χ0n) is 11.3. The predicted octanol–water partition coefficient (Wildman–Crippen LogP) is 2.24. The summed E-state index contributed by atoms with van der Waals surface area (Å²) in [5.41, 5.74) is 0.421. The first-order valence-electron chi connectivity index (χ1n) is 6.49. The van der Waals surface area contributed by atoms with Crippen LogP contribution in [0.5, 0.6) is 0 Å². The largest absolute Gasteiger partial charge is 0.469 e. The zero-order chi connectivity index (χ0) is 14.5. The van der Waals surface area contributed by atoms with Crippen molar-refractivity contribution in [3.8, 4) is 0 Å². The number of esters is 1. The van der Waals surface area contributed by atoms with E-state index in [4.69, 9.17) is 4.74 Å². The number of hydrogen-bond donors (Lipinski definition) is 1. The Morgan fingerprint density at radius 2 is 2.05 bits per heavy atom. The number of benzene rings is 1. The van der Waals surface area contributed by atoms with Crippen LogP contribution in [-0.4, -0.2) is 37.1 Å². The monoisotopic (exact) mass is 280 g/mol. The van der Waals surface area contributed by atoms with E-state index in [-0.39, 0.29) is 17.9 Å². The summed E-state index contributed by atoms with van der Waals surface area (Å²) >= 11 is 0. The number of carbonyl (C=O) groups excluding carboxylic acids is 2. The van der Waals surface area contributed by atoms with E-state index in [1.807, 2.05) is 0 Å². The van der Waals surface area contributed by atoms with Crippen LogP contribution in [0.3, 0.4) is 0 Å². The van der Waals surface area contributed by atoms with E-state index < -0.39 is 5.82 Å². The normalized spacial score (nSPS) is 15.8. The van der Waals surface area contributed by atoms with E-state index in [1.165, 1.54) is 25.3 Å². The van der Waals surface area contributed by atoms with Crippen molar-refractivity contribution >= 4 is 17.7 Å². The Morgan fingerprint density at radius 1 is 1.35 bits per heavy atom. The molecule has 1 N–H and O–H groups in total. The van der Waals surface area contributed by atoms with Gasteiger partial charge in [0.05, 0.1) is 13.0 Å². The van der Waals surface area contributed by atoms with Crippen molar-refractivity contribution in [2.24, 2.45) is 5.92 Å². The Balaban J connectivity index is 1.87. The summed E-state index contributed by atoms with van der Waals surface area (Å²) in [6.45, 7) is 0.974. The number of urea groups is 1. The standard InChI is InChI=1S/C14H17FN2O3/c1-20-13(18)10-5-7-17(8-6-10)14(19)16-12-4-2-3-11(15)9-12/h2-4,9-10H,5-8H2,1H3,(H,16,19). The highest BCUT2D eigenvalue weighted by Gasteiger charge is 2.27. The lowest BCUT2D eigenvalue weighted by Gasteiger charge is -2.30. The molecule has 1 saturated heterocycles. The van der Waals surface area contributed by atoms with Gasteiger partial charge < -0.3 is 15.0 Å². The van der Waals surface area contributed by atoms with Crippen LogP contribution in [0.1, 0.15) is 12.8 Å². The van der Waals surface area contributed by atoms with Crippen LogP contribution in [0.15, 0.2) is 24.3 Å². The van der Waals surface area contributed by atoms with Crippen LogP contribution < -0.4 is 5.32 Å². The average molecular weight is 280 g/mol. The molecule has 1 aromatic rings. The van der Waals surface area contributed by atoms with E-state index in [2.05, 4.69) is 5.32 Å². The molecule has 0 unspecified atom stereocenters. The lowest BCUT2D eigenvalue weighted by atomic mass is 9.97. The minimum atomic E-state index is -0.396. The molecule has 2 amide bonds. The Kier molecular flexibility index (Phi) is 4.55. The minimum Gasteiger partial charge on any atom is -0.469 e. The molecular formula is C14H17FN2O3. The molecule has 2 rings (SSSR count). The number of nitrogens with zero attached hydrogens (tertiary/aromatic N) is 1. The molecule has 0 atom stereocenters. The molecule has 5 nitrogen and oxygen atoms in total. The van der Waals surface area contributed by atoms with Crippen LogP contribution in [0, 0.1) is 11.7 Å². The maximum atomic E-state index is 13.0. The molecule has 0 aromatic heterocycles. The van der Waals surface area contributed by atoms with Gasteiger partial charge in [0.1, 0.15) is 5.82 Å². The molecule has 0 aliphatic carbocycles. The van der Waals surface area contributed by atoms with Gasteiger partial charge in [-0.3, -0.25) is 4.79 Å². The van der Waals surface area contributed by atoms with E-state index in [0.29, 0.717) is 31.6 Å². The number of hydrogen-bond acceptors (Lipinski definition) is 3. The number of ether oxygens (including phenoxy) is 1. The first kappa shape index (κ1) is 14.3. The van der Waals surface area contributed by atoms with Crippen molar-refractivity contribution in [1.82, 2.24) is 4.90 Å². The van der Waals surface area contributed by atoms with Crippen molar-refractivity contribution in [1.29, 1.82) is 0 Å². The first-order valence-corrected chi connectivity index (χ1v) is 6.49. The Labute approximate surface area is 116 Å². The SMILES string of the molecule is COC(=O)C1CCN(C(=O)Nc2cccc(F)c2)CC1. The third kappa shape index (κ3) is 3.46. The topological polar surface area (TPSA) is 58.6 Å². The summed E-state index contributed by atoms with van der Waals surface area (Å²) in [5.74, 6) is -0.763. The fraction of sp³-hybridized carbons (Fsp3) is 0.429. The number of carbonyl (C=O) groups is 2. The van der Waals surface area contributed by atoms with Gasteiger partial charge in [0, 0.05) is 18.8 Å². The van der Waals surface area contributed by atoms with Gasteiger partial charge in [-0.2, -0.15) is 0 Å². The van der Waals surface area contributed by atoms with Gasteiger partial charge in [-0.15, -0.1) is 0 Å². The third-order valence-corrected chi connectivity index (χ3v) is 3.39. The van der Waals surface area contributed by atoms with Gasteiger partial charge in [0.25, 0.3) is 0 Å². The quantitative estimate of drug-likeness (QED) is 0.845. The summed E-state index contributed by atoms with van der Waals surface area (Å²) in [7, 11) is 1.37. The molecule has 1 fully saturated rings. The van der Waals surface area contributed by atoms with Gasteiger partial charge >= 0.3 is 12.0 Å². The van der Waals surface area contributed by atoms with Crippen molar-refractivity contribution in [2.45, 2.75) is 12.8 Å². The zero-order valence-corrected chi connectivity index (χ0v) is 11.3. The summed E-state index contributed by atoms with van der Waals surface area (Å²) in [4.78, 5) is 25.0. The van der Waals surface area contributed by atoms with Gasteiger partial charge in [0.15, 0.2) is 0 Å². The van der Waals surface area contributed by atoms with E-state index >= 15 is 0 Å². The second-order valence-corrected chi connectivity index (χ2v) is 4.72. The molecule has 1 heterocycles. The lowest BCUT2D eigenvalue weighted by Crippen LogP contribution is -2.42. The maximum Gasteiger partial charge on any atom is 0.321 e. The van der Waals surface area contributed by atoms with Gasteiger partial charge in [0.2, 0.25) is 0 Å². The summed E-state index contributed by atoms with van der Waals surface area (Å²) in [6.07, 6.45) is 1.17. The number of halogens is 1. The van der Waals surface area contributed by atoms with E-state index in [0.717, 1.165) is 0 Å².